The molecule has 0 spiro atoms. The van der Waals surface area contributed by atoms with Crippen LogP contribution in [-0.2, 0) is 0 Å². The Morgan fingerprint density at radius 3 is 2.20 bits per heavy atom. The Labute approximate surface area is 121 Å². The summed E-state index contributed by atoms with van der Waals surface area (Å²) in [7, 11) is 0. The van der Waals surface area contributed by atoms with E-state index >= 15 is 0 Å². The van der Waals surface area contributed by atoms with Gasteiger partial charge in [0.2, 0.25) is 0 Å². The molecule has 1 atom stereocenters. The Bertz CT molecular complexity index is 430. The summed E-state index contributed by atoms with van der Waals surface area (Å²) in [4.78, 5) is 4.60. The topological polar surface area (TPSA) is 12.4 Å². The third-order valence-corrected chi connectivity index (χ3v) is 3.77. The lowest BCUT2D eigenvalue weighted by Gasteiger charge is -2.18. The van der Waals surface area contributed by atoms with E-state index in [2.05, 4.69) is 18.8 Å². The van der Waals surface area contributed by atoms with Gasteiger partial charge in [-0.15, -0.1) is 0 Å². The van der Waals surface area contributed by atoms with E-state index in [1.54, 1.807) is 6.08 Å². The van der Waals surface area contributed by atoms with Crippen molar-refractivity contribution >= 4 is 5.71 Å². The molecule has 3 heteroatoms. The summed E-state index contributed by atoms with van der Waals surface area (Å²) in [5.74, 6) is -2.29. The van der Waals surface area contributed by atoms with E-state index in [1.165, 1.54) is 0 Å². The Hall–Kier alpha value is -0.990. The molecular weight excluding hydrogens is 256 g/mol. The molecule has 1 rings (SSSR count). The zero-order valence-electron chi connectivity index (χ0n) is 13.6. The molecule has 1 nitrogen and oxygen atoms in total. The van der Waals surface area contributed by atoms with Crippen molar-refractivity contribution in [3.05, 3.63) is 22.9 Å². The number of allylic oxidation sites excluding steroid dienone is 4. The first-order chi connectivity index (χ1) is 9.16. The van der Waals surface area contributed by atoms with Crippen LogP contribution in [0.5, 0.6) is 0 Å². The van der Waals surface area contributed by atoms with Gasteiger partial charge in [-0.3, -0.25) is 4.99 Å². The molecule has 0 aromatic heterocycles. The molecule has 0 aromatic rings. The molecule has 0 heterocycles. The van der Waals surface area contributed by atoms with Crippen LogP contribution in [0.2, 0.25) is 0 Å². The van der Waals surface area contributed by atoms with Crippen LogP contribution in [0.1, 0.15) is 60.8 Å². The van der Waals surface area contributed by atoms with Gasteiger partial charge in [0, 0.05) is 24.1 Å². The smallest absolute Gasteiger partial charge is 0.261 e. The maximum Gasteiger partial charge on any atom is 0.272 e. The SMILES string of the molecule is CCC(C)C(C)=N/C(=C(\C=C(C)C)C(C)(F)F)C1CC1. The molecule has 0 aromatic carbocycles. The average Bonchev–Trinajstić information content (AvgIpc) is 3.14. The fourth-order valence-electron chi connectivity index (χ4n) is 2.04. The van der Waals surface area contributed by atoms with Crippen molar-refractivity contribution in [1.82, 2.24) is 0 Å². The highest BCUT2D eigenvalue weighted by molar-refractivity contribution is 5.85. The van der Waals surface area contributed by atoms with E-state index < -0.39 is 5.92 Å². The maximum absolute atomic E-state index is 13.9. The van der Waals surface area contributed by atoms with E-state index in [-0.39, 0.29) is 11.5 Å². The van der Waals surface area contributed by atoms with Crippen molar-refractivity contribution in [2.45, 2.75) is 66.7 Å². The van der Waals surface area contributed by atoms with Crippen molar-refractivity contribution in [2.75, 3.05) is 0 Å². The fraction of sp³-hybridized carbons (Fsp3) is 0.706. The molecule has 0 aliphatic heterocycles. The largest absolute Gasteiger partial charge is 0.272 e. The molecule has 0 amide bonds. The number of aliphatic imine (C=N–C) groups is 1. The van der Waals surface area contributed by atoms with Gasteiger partial charge >= 0.3 is 0 Å². The van der Waals surface area contributed by atoms with Crippen LogP contribution in [0, 0.1) is 11.8 Å². The predicted octanol–water partition coefficient (Wildman–Crippen LogP) is 5.78. The molecule has 1 saturated carbocycles. The van der Waals surface area contributed by atoms with Crippen LogP contribution >= 0.6 is 0 Å². The van der Waals surface area contributed by atoms with Gasteiger partial charge in [-0.1, -0.05) is 25.5 Å². The van der Waals surface area contributed by atoms with Gasteiger partial charge in [0.15, 0.2) is 0 Å². The first kappa shape index (κ1) is 17.1. The molecule has 114 valence electrons. The Morgan fingerprint density at radius 2 is 1.85 bits per heavy atom. The summed E-state index contributed by atoms with van der Waals surface area (Å²) in [6.07, 6.45) is 4.53. The Kier molecular flexibility index (Phi) is 5.67. The van der Waals surface area contributed by atoms with Crippen LogP contribution in [0.3, 0.4) is 0 Å². The van der Waals surface area contributed by atoms with Gasteiger partial charge in [0.1, 0.15) is 0 Å². The molecule has 1 aliphatic carbocycles. The van der Waals surface area contributed by atoms with E-state index in [4.69, 9.17) is 0 Å². The molecule has 1 fully saturated rings. The van der Waals surface area contributed by atoms with Crippen LogP contribution < -0.4 is 0 Å². The summed E-state index contributed by atoms with van der Waals surface area (Å²) >= 11 is 0. The van der Waals surface area contributed by atoms with Gasteiger partial charge < -0.3 is 0 Å². The van der Waals surface area contributed by atoms with Gasteiger partial charge in [0.25, 0.3) is 5.92 Å². The molecule has 0 radical (unpaired) electrons. The third kappa shape index (κ3) is 4.84. The minimum Gasteiger partial charge on any atom is -0.261 e. The fourth-order valence-corrected chi connectivity index (χ4v) is 2.04. The normalized spacial score (nSPS) is 19.5. The highest BCUT2D eigenvalue weighted by Gasteiger charge is 2.36. The minimum atomic E-state index is -2.84. The second kappa shape index (κ2) is 6.64. The summed E-state index contributed by atoms with van der Waals surface area (Å²) in [6.45, 7) is 10.8. The number of rotatable bonds is 6. The second-order valence-corrected chi connectivity index (χ2v) is 6.25. The molecule has 0 N–H and O–H groups in total. The molecule has 0 bridgehead atoms. The van der Waals surface area contributed by atoms with E-state index in [9.17, 15) is 8.78 Å². The molecular formula is C17H27F2N. The van der Waals surface area contributed by atoms with Crippen LogP contribution in [0.4, 0.5) is 8.78 Å². The number of hydrogen-bond donors (Lipinski definition) is 0. The van der Waals surface area contributed by atoms with Crippen molar-refractivity contribution in [2.24, 2.45) is 16.8 Å². The lowest BCUT2D eigenvalue weighted by Crippen LogP contribution is -2.16. The predicted molar refractivity (Wildman–Crippen MR) is 82.4 cm³/mol. The van der Waals surface area contributed by atoms with Crippen molar-refractivity contribution in [3.63, 3.8) is 0 Å². The monoisotopic (exact) mass is 283 g/mol. The average molecular weight is 283 g/mol. The van der Waals surface area contributed by atoms with Crippen molar-refractivity contribution in [3.8, 4) is 0 Å². The highest BCUT2D eigenvalue weighted by atomic mass is 19.3. The molecule has 1 aliphatic rings. The van der Waals surface area contributed by atoms with E-state index in [1.807, 2.05) is 20.8 Å². The highest BCUT2D eigenvalue weighted by Crippen LogP contribution is 2.43. The van der Waals surface area contributed by atoms with Crippen molar-refractivity contribution < 1.29 is 8.78 Å². The summed E-state index contributed by atoms with van der Waals surface area (Å²) in [6, 6.07) is 0. The number of nitrogens with zero attached hydrogens (tertiary/aromatic N) is 1. The minimum absolute atomic E-state index is 0.0997. The molecule has 0 saturated heterocycles. The quantitative estimate of drug-likeness (QED) is 0.433. The van der Waals surface area contributed by atoms with E-state index in [0.717, 1.165) is 37.5 Å². The van der Waals surface area contributed by atoms with Gasteiger partial charge in [0.05, 0.1) is 5.70 Å². The Morgan fingerprint density at radius 1 is 1.30 bits per heavy atom. The number of halogens is 2. The lowest BCUT2D eigenvalue weighted by atomic mass is 10.0. The first-order valence-electron chi connectivity index (χ1n) is 7.49. The summed E-state index contributed by atoms with van der Waals surface area (Å²) < 4.78 is 27.9. The number of alkyl halides is 2. The van der Waals surface area contributed by atoms with Crippen LogP contribution in [0.25, 0.3) is 0 Å². The zero-order chi connectivity index (χ0) is 15.5. The third-order valence-electron chi connectivity index (χ3n) is 3.77. The summed E-state index contributed by atoms with van der Waals surface area (Å²) in [5, 5.41) is 0. The first-order valence-corrected chi connectivity index (χ1v) is 7.49. The second-order valence-electron chi connectivity index (χ2n) is 6.25. The van der Waals surface area contributed by atoms with Crippen LogP contribution in [0.15, 0.2) is 27.9 Å². The number of hydrogen-bond acceptors (Lipinski definition) is 1. The van der Waals surface area contributed by atoms with Gasteiger partial charge in [-0.2, -0.15) is 0 Å². The Balaban J connectivity index is 3.33. The maximum atomic E-state index is 13.9. The van der Waals surface area contributed by atoms with Crippen molar-refractivity contribution in [1.29, 1.82) is 0 Å². The zero-order valence-corrected chi connectivity index (χ0v) is 13.6. The van der Waals surface area contributed by atoms with E-state index in [0.29, 0.717) is 11.6 Å². The molecule has 1 unspecified atom stereocenters. The van der Waals surface area contributed by atoms with Crippen LogP contribution in [-0.4, -0.2) is 11.6 Å². The standard InChI is InChI=1S/C17H27F2N/c1-7-12(4)13(5)20-16(14-8-9-14)15(10-11(2)3)17(6,18)19/h10,12,14H,7-9H2,1-6H3/b16-15+,20-13?. The summed E-state index contributed by atoms with van der Waals surface area (Å²) in [5.41, 5.74) is 2.55. The molecule has 20 heavy (non-hydrogen) atoms. The lowest BCUT2D eigenvalue weighted by molar-refractivity contribution is 0.0658. The van der Waals surface area contributed by atoms with Gasteiger partial charge in [-0.25, -0.2) is 8.78 Å². The van der Waals surface area contributed by atoms with Gasteiger partial charge in [-0.05, 0) is 46.0 Å².